The summed E-state index contributed by atoms with van der Waals surface area (Å²) in [4.78, 5) is 0. The van der Waals surface area contributed by atoms with E-state index in [4.69, 9.17) is 11.6 Å². The molecule has 1 atom stereocenters. The third-order valence-electron chi connectivity index (χ3n) is 3.65. The highest BCUT2D eigenvalue weighted by atomic mass is 35.5. The van der Waals surface area contributed by atoms with Gasteiger partial charge in [-0.05, 0) is 55.1 Å². The zero-order valence-electron chi connectivity index (χ0n) is 12.4. The second-order valence-electron chi connectivity index (χ2n) is 5.27. The fraction of sp³-hybridized carbons (Fsp3) is 0.333. The van der Waals surface area contributed by atoms with Crippen molar-refractivity contribution < 1.29 is 0 Å². The van der Waals surface area contributed by atoms with E-state index in [2.05, 4.69) is 62.5 Å². The van der Waals surface area contributed by atoms with E-state index >= 15 is 0 Å². The van der Waals surface area contributed by atoms with Gasteiger partial charge in [0.1, 0.15) is 0 Å². The summed E-state index contributed by atoms with van der Waals surface area (Å²) in [5, 5.41) is 4.43. The summed E-state index contributed by atoms with van der Waals surface area (Å²) >= 11 is 6.37. The minimum atomic E-state index is 0.307. The molecule has 106 valence electrons. The number of aryl methyl sites for hydroxylation is 2. The summed E-state index contributed by atoms with van der Waals surface area (Å²) in [5.74, 6) is 0. The zero-order chi connectivity index (χ0) is 14.5. The van der Waals surface area contributed by atoms with Crippen molar-refractivity contribution in [3.63, 3.8) is 0 Å². The number of hydrogen-bond acceptors (Lipinski definition) is 1. The molecule has 1 nitrogen and oxygen atoms in total. The molecule has 2 aromatic carbocycles. The molecule has 2 rings (SSSR count). The lowest BCUT2D eigenvalue weighted by molar-refractivity contribution is 0.547. The predicted molar refractivity (Wildman–Crippen MR) is 87.5 cm³/mol. The largest absolute Gasteiger partial charge is 0.310 e. The van der Waals surface area contributed by atoms with Gasteiger partial charge in [-0.25, -0.2) is 0 Å². The van der Waals surface area contributed by atoms with Gasteiger partial charge in [0, 0.05) is 11.1 Å². The van der Waals surface area contributed by atoms with Crippen molar-refractivity contribution in [2.24, 2.45) is 0 Å². The molecule has 20 heavy (non-hydrogen) atoms. The summed E-state index contributed by atoms with van der Waals surface area (Å²) in [5.41, 5.74) is 5.08. The van der Waals surface area contributed by atoms with Crippen LogP contribution in [0, 0.1) is 13.8 Å². The Kier molecular flexibility index (Phi) is 5.22. The molecule has 0 radical (unpaired) electrons. The Labute approximate surface area is 127 Å². The first kappa shape index (κ1) is 15.1. The summed E-state index contributed by atoms with van der Waals surface area (Å²) in [6.45, 7) is 7.32. The van der Waals surface area contributed by atoms with E-state index < -0.39 is 0 Å². The van der Waals surface area contributed by atoms with Crippen LogP contribution < -0.4 is 5.32 Å². The van der Waals surface area contributed by atoms with E-state index in [1.165, 1.54) is 22.3 Å². The van der Waals surface area contributed by atoms with Gasteiger partial charge in [0.15, 0.2) is 0 Å². The average molecular weight is 288 g/mol. The van der Waals surface area contributed by atoms with E-state index in [1.807, 2.05) is 6.07 Å². The molecule has 0 spiro atoms. The van der Waals surface area contributed by atoms with Gasteiger partial charge in [-0.15, -0.1) is 0 Å². The van der Waals surface area contributed by atoms with Crippen LogP contribution in [0.15, 0.2) is 42.5 Å². The van der Waals surface area contributed by atoms with Crippen LogP contribution in [0.2, 0.25) is 5.02 Å². The van der Waals surface area contributed by atoms with Gasteiger partial charge in [0.2, 0.25) is 0 Å². The third kappa shape index (κ3) is 3.62. The van der Waals surface area contributed by atoms with Crippen LogP contribution in [0.3, 0.4) is 0 Å². The lowest BCUT2D eigenvalue weighted by Crippen LogP contribution is -2.23. The summed E-state index contributed by atoms with van der Waals surface area (Å²) in [6.07, 6.45) is 0.914. The molecule has 2 heteroatoms. The maximum Gasteiger partial charge on any atom is 0.0441 e. The molecule has 0 aliphatic carbocycles. The summed E-state index contributed by atoms with van der Waals surface area (Å²) in [7, 11) is 0. The van der Waals surface area contributed by atoms with Gasteiger partial charge in [-0.3, -0.25) is 0 Å². The maximum absolute atomic E-state index is 6.37. The van der Waals surface area contributed by atoms with Crippen molar-refractivity contribution >= 4 is 11.6 Å². The fourth-order valence-corrected chi connectivity index (χ4v) is 2.87. The molecule has 0 saturated carbocycles. The Morgan fingerprint density at radius 1 is 1.10 bits per heavy atom. The average Bonchev–Trinajstić information content (AvgIpc) is 2.42. The first-order valence-corrected chi connectivity index (χ1v) is 7.53. The molecule has 0 bridgehead atoms. The molecule has 0 aliphatic heterocycles. The maximum atomic E-state index is 6.37. The van der Waals surface area contributed by atoms with Crippen LogP contribution in [-0.4, -0.2) is 6.54 Å². The number of nitrogens with one attached hydrogen (secondary N) is 1. The van der Waals surface area contributed by atoms with Crippen LogP contribution >= 0.6 is 11.6 Å². The van der Waals surface area contributed by atoms with E-state index in [0.29, 0.717) is 6.04 Å². The molecule has 1 N–H and O–H groups in total. The van der Waals surface area contributed by atoms with Crippen LogP contribution in [-0.2, 0) is 6.42 Å². The van der Waals surface area contributed by atoms with Crippen molar-refractivity contribution in [2.75, 3.05) is 6.54 Å². The van der Waals surface area contributed by atoms with Crippen molar-refractivity contribution in [2.45, 2.75) is 33.2 Å². The number of rotatable bonds is 5. The topological polar surface area (TPSA) is 12.0 Å². The minimum Gasteiger partial charge on any atom is -0.310 e. The number of likely N-dealkylation sites (N-methyl/N-ethyl adjacent to an activating group) is 1. The minimum absolute atomic E-state index is 0.307. The second kappa shape index (κ2) is 6.92. The Balaban J connectivity index is 2.28. The van der Waals surface area contributed by atoms with Crippen LogP contribution in [0.4, 0.5) is 0 Å². The summed E-state index contributed by atoms with van der Waals surface area (Å²) in [6, 6.07) is 15.2. The lowest BCUT2D eigenvalue weighted by Gasteiger charge is -2.21. The molecule has 2 aromatic rings. The zero-order valence-corrected chi connectivity index (χ0v) is 13.2. The van der Waals surface area contributed by atoms with Gasteiger partial charge in [-0.2, -0.15) is 0 Å². The SMILES string of the molecule is CCNC(Cc1ccc(C)cc1Cl)c1ccccc1C. The third-order valence-corrected chi connectivity index (χ3v) is 4.00. The van der Waals surface area contributed by atoms with E-state index in [1.54, 1.807) is 0 Å². The highest BCUT2D eigenvalue weighted by molar-refractivity contribution is 6.31. The molecule has 0 heterocycles. The van der Waals surface area contributed by atoms with Gasteiger partial charge in [-0.1, -0.05) is 54.9 Å². The quantitative estimate of drug-likeness (QED) is 0.829. The van der Waals surface area contributed by atoms with Crippen LogP contribution in [0.5, 0.6) is 0 Å². The Morgan fingerprint density at radius 2 is 1.85 bits per heavy atom. The van der Waals surface area contributed by atoms with Crippen molar-refractivity contribution in [1.82, 2.24) is 5.32 Å². The normalized spacial score (nSPS) is 12.4. The highest BCUT2D eigenvalue weighted by Crippen LogP contribution is 2.26. The van der Waals surface area contributed by atoms with Crippen LogP contribution in [0.25, 0.3) is 0 Å². The molecule has 0 amide bonds. The van der Waals surface area contributed by atoms with E-state index in [9.17, 15) is 0 Å². The standard InChI is InChI=1S/C18H22ClN/c1-4-20-18(16-8-6-5-7-14(16)3)12-15-10-9-13(2)11-17(15)19/h5-11,18,20H,4,12H2,1-3H3. The highest BCUT2D eigenvalue weighted by Gasteiger charge is 2.14. The predicted octanol–water partition coefficient (Wildman–Crippen LogP) is 4.85. The van der Waals surface area contributed by atoms with Gasteiger partial charge in [0.05, 0.1) is 0 Å². The van der Waals surface area contributed by atoms with Gasteiger partial charge >= 0.3 is 0 Å². The van der Waals surface area contributed by atoms with Crippen molar-refractivity contribution in [1.29, 1.82) is 0 Å². The van der Waals surface area contributed by atoms with Crippen LogP contribution in [0.1, 0.15) is 35.2 Å². The summed E-state index contributed by atoms with van der Waals surface area (Å²) < 4.78 is 0. The molecule has 0 aliphatic rings. The number of benzene rings is 2. The Morgan fingerprint density at radius 3 is 2.50 bits per heavy atom. The molecular formula is C18H22ClN. The molecular weight excluding hydrogens is 266 g/mol. The first-order valence-electron chi connectivity index (χ1n) is 7.15. The van der Waals surface area contributed by atoms with E-state index in [0.717, 1.165) is 18.0 Å². The number of hydrogen-bond donors (Lipinski definition) is 1. The van der Waals surface area contributed by atoms with Crippen molar-refractivity contribution in [3.05, 3.63) is 69.7 Å². The molecule has 0 saturated heterocycles. The monoisotopic (exact) mass is 287 g/mol. The van der Waals surface area contributed by atoms with Gasteiger partial charge in [0.25, 0.3) is 0 Å². The Bertz CT molecular complexity index is 577. The lowest BCUT2D eigenvalue weighted by atomic mass is 9.95. The molecule has 0 fully saturated rings. The first-order chi connectivity index (χ1) is 9.61. The van der Waals surface area contributed by atoms with Crippen molar-refractivity contribution in [3.8, 4) is 0 Å². The molecule has 1 unspecified atom stereocenters. The second-order valence-corrected chi connectivity index (χ2v) is 5.67. The smallest absolute Gasteiger partial charge is 0.0441 e. The van der Waals surface area contributed by atoms with E-state index in [-0.39, 0.29) is 0 Å². The molecule has 0 aromatic heterocycles. The Hall–Kier alpha value is -1.31. The van der Waals surface area contributed by atoms with Gasteiger partial charge < -0.3 is 5.32 Å². The fourth-order valence-electron chi connectivity index (χ4n) is 2.55. The number of halogens is 1.